The fourth-order valence-corrected chi connectivity index (χ4v) is 6.12. The van der Waals surface area contributed by atoms with E-state index in [0.29, 0.717) is 12.5 Å². The van der Waals surface area contributed by atoms with Gasteiger partial charge in [-0.2, -0.15) is 0 Å². The smallest absolute Gasteiger partial charge is 0.166 e. The third-order valence-electron chi connectivity index (χ3n) is 7.89. The third kappa shape index (κ3) is 4.81. The first-order valence-electron chi connectivity index (χ1n) is 12.0. The van der Waals surface area contributed by atoms with E-state index < -0.39 is 5.60 Å². The fourth-order valence-electron chi connectivity index (χ4n) is 6.12. The highest BCUT2D eigenvalue weighted by Crippen LogP contribution is 2.48. The molecule has 3 fully saturated rings. The number of nitrogens with zero attached hydrogens (tertiary/aromatic N) is 1. The van der Waals surface area contributed by atoms with Gasteiger partial charge in [-0.1, -0.05) is 91.0 Å². The molecular formula is C29H34BrNO2. The van der Waals surface area contributed by atoms with Crippen LogP contribution in [0.2, 0.25) is 0 Å². The van der Waals surface area contributed by atoms with Gasteiger partial charge in [0.1, 0.15) is 12.6 Å². The van der Waals surface area contributed by atoms with E-state index in [1.165, 1.54) is 18.4 Å². The van der Waals surface area contributed by atoms with Crippen molar-refractivity contribution in [3.05, 3.63) is 108 Å². The molecule has 0 aliphatic carbocycles. The molecule has 2 bridgehead atoms. The number of aliphatic hydroxyl groups is 1. The quantitative estimate of drug-likeness (QED) is 0.374. The lowest BCUT2D eigenvalue weighted by atomic mass is 9.69. The van der Waals surface area contributed by atoms with E-state index in [0.717, 1.165) is 48.3 Å². The number of halogens is 1. The molecule has 0 aromatic heterocycles. The molecule has 1 atom stereocenters. The number of piperidine rings is 3. The molecule has 0 amide bonds. The first-order valence-corrected chi connectivity index (χ1v) is 12.0. The van der Waals surface area contributed by atoms with Gasteiger partial charge in [0.2, 0.25) is 0 Å². The first kappa shape index (κ1) is 24.2. The predicted octanol–water partition coefficient (Wildman–Crippen LogP) is 2.14. The maximum atomic E-state index is 12.5. The Kier molecular flexibility index (Phi) is 7.70. The summed E-state index contributed by atoms with van der Waals surface area (Å²) >= 11 is 0. The van der Waals surface area contributed by atoms with Gasteiger partial charge in [-0.05, 0) is 35.4 Å². The topological polar surface area (TPSA) is 29.5 Å². The number of rotatable bonds is 8. The van der Waals surface area contributed by atoms with Gasteiger partial charge in [0.25, 0.3) is 0 Å². The molecule has 3 aromatic carbocycles. The largest absolute Gasteiger partial charge is 1.00 e. The van der Waals surface area contributed by atoms with Crippen LogP contribution in [0.4, 0.5) is 0 Å². The van der Waals surface area contributed by atoms with E-state index in [1.807, 2.05) is 42.5 Å². The summed E-state index contributed by atoms with van der Waals surface area (Å²) in [6, 6.07) is 31.2. The molecule has 33 heavy (non-hydrogen) atoms. The molecule has 174 valence electrons. The zero-order valence-corrected chi connectivity index (χ0v) is 20.7. The summed E-state index contributed by atoms with van der Waals surface area (Å²) in [6.45, 7) is 4.58. The highest BCUT2D eigenvalue weighted by molar-refractivity contribution is 5.38. The highest BCUT2D eigenvalue weighted by atomic mass is 79.9. The summed E-state index contributed by atoms with van der Waals surface area (Å²) in [5, 5.41) is 12.5. The molecule has 3 aromatic rings. The van der Waals surface area contributed by atoms with Crippen molar-refractivity contribution in [2.24, 2.45) is 5.92 Å². The van der Waals surface area contributed by atoms with Crippen LogP contribution in [0.25, 0.3) is 0 Å². The van der Waals surface area contributed by atoms with Gasteiger partial charge in [-0.3, -0.25) is 0 Å². The fraction of sp³-hybridized carbons (Fsp3) is 0.379. The average Bonchev–Trinajstić information content (AvgIpc) is 2.88. The lowest BCUT2D eigenvalue weighted by molar-refractivity contribution is -0.973. The van der Waals surface area contributed by atoms with Crippen molar-refractivity contribution < 1.29 is 31.3 Å². The molecule has 0 spiro atoms. The van der Waals surface area contributed by atoms with Crippen molar-refractivity contribution in [1.29, 1.82) is 0 Å². The van der Waals surface area contributed by atoms with Crippen LogP contribution in [-0.4, -0.2) is 41.9 Å². The van der Waals surface area contributed by atoms with Crippen molar-refractivity contribution in [1.82, 2.24) is 0 Å². The second kappa shape index (κ2) is 10.5. The zero-order valence-electron chi connectivity index (χ0n) is 19.2. The van der Waals surface area contributed by atoms with Gasteiger partial charge >= 0.3 is 0 Å². The molecular weight excluding hydrogens is 474 g/mol. The van der Waals surface area contributed by atoms with Crippen molar-refractivity contribution >= 4 is 0 Å². The van der Waals surface area contributed by atoms with Crippen molar-refractivity contribution in [3.8, 4) is 0 Å². The third-order valence-corrected chi connectivity index (χ3v) is 7.89. The van der Waals surface area contributed by atoms with Crippen LogP contribution >= 0.6 is 0 Å². The first-order chi connectivity index (χ1) is 15.7. The Morgan fingerprint density at radius 3 is 1.85 bits per heavy atom. The molecule has 0 saturated carbocycles. The van der Waals surface area contributed by atoms with Gasteiger partial charge in [-0.15, -0.1) is 0 Å². The molecule has 3 heterocycles. The molecule has 3 aliphatic rings. The van der Waals surface area contributed by atoms with E-state index >= 15 is 0 Å². The summed E-state index contributed by atoms with van der Waals surface area (Å²) in [7, 11) is 0. The number of quaternary nitrogens is 1. The Balaban J connectivity index is 0.00000259. The van der Waals surface area contributed by atoms with Crippen LogP contribution in [0.1, 0.15) is 36.0 Å². The van der Waals surface area contributed by atoms with E-state index in [1.54, 1.807) is 0 Å². The molecule has 4 heteroatoms. The number of benzene rings is 3. The summed E-state index contributed by atoms with van der Waals surface area (Å²) in [5.41, 5.74) is 2.23. The van der Waals surface area contributed by atoms with Crippen molar-refractivity contribution in [2.75, 3.05) is 26.2 Å². The number of hydrogen-bond donors (Lipinski definition) is 1. The lowest BCUT2D eigenvalue weighted by Gasteiger charge is -2.58. The second-order valence-electron chi connectivity index (χ2n) is 9.62. The van der Waals surface area contributed by atoms with Crippen LogP contribution in [0.5, 0.6) is 0 Å². The van der Waals surface area contributed by atoms with Crippen LogP contribution in [0.15, 0.2) is 91.0 Å². The van der Waals surface area contributed by atoms with Crippen molar-refractivity contribution in [3.63, 3.8) is 0 Å². The van der Waals surface area contributed by atoms with E-state index in [4.69, 9.17) is 4.74 Å². The predicted molar refractivity (Wildman–Crippen MR) is 128 cm³/mol. The Morgan fingerprint density at radius 2 is 1.30 bits per heavy atom. The normalized spacial score (nSPS) is 24.3. The van der Waals surface area contributed by atoms with E-state index in [9.17, 15) is 5.11 Å². The Hall–Kier alpha value is -1.98. The minimum Gasteiger partial charge on any atom is -1.00 e. The van der Waals surface area contributed by atoms with Crippen LogP contribution in [0, 0.1) is 5.92 Å². The maximum Gasteiger partial charge on any atom is 0.166 e. The lowest BCUT2D eigenvalue weighted by Crippen LogP contribution is -3.00. The van der Waals surface area contributed by atoms with E-state index in [2.05, 4.69) is 48.5 Å². The van der Waals surface area contributed by atoms with Crippen LogP contribution in [-0.2, 0) is 16.9 Å². The molecule has 6 rings (SSSR count). The molecule has 3 aliphatic heterocycles. The van der Waals surface area contributed by atoms with Gasteiger partial charge in [0.05, 0.1) is 26.3 Å². The van der Waals surface area contributed by atoms with Gasteiger partial charge in [0.15, 0.2) is 5.60 Å². The Bertz CT molecular complexity index is 948. The van der Waals surface area contributed by atoms with Gasteiger partial charge < -0.3 is 31.3 Å². The summed E-state index contributed by atoms with van der Waals surface area (Å²) in [6.07, 6.45) is 3.59. The molecule has 1 N–H and O–H groups in total. The van der Waals surface area contributed by atoms with Gasteiger partial charge in [0, 0.05) is 6.42 Å². The molecule has 3 nitrogen and oxygen atoms in total. The Labute approximate surface area is 208 Å². The summed E-state index contributed by atoms with van der Waals surface area (Å²) in [4.78, 5) is 0. The minimum absolute atomic E-state index is 0. The summed E-state index contributed by atoms with van der Waals surface area (Å²) in [5.74, 6) is 0.712. The number of ether oxygens (including phenoxy) is 1. The summed E-state index contributed by atoms with van der Waals surface area (Å²) < 4.78 is 7.09. The Morgan fingerprint density at radius 1 is 0.788 bits per heavy atom. The standard InChI is InChI=1S/C29H34NO2.BrH/c31-29(26-12-6-2-7-13-26,27-14-8-3-9-15-27)28-22-24-16-18-30(28,19-17-24)20-21-32-23-25-10-4-1-5-11-25;/h1-15,24,28,31H,16-23H2;1H/q+1;/p-1. The van der Waals surface area contributed by atoms with Crippen molar-refractivity contribution in [2.45, 2.75) is 37.5 Å². The van der Waals surface area contributed by atoms with Crippen LogP contribution < -0.4 is 17.0 Å². The zero-order chi connectivity index (χ0) is 21.9. The minimum atomic E-state index is -0.999. The molecule has 3 saturated heterocycles. The SMILES string of the molecule is OC(c1ccccc1)(c1ccccc1)C1CC2CC[N+]1(CCOCc1ccccc1)CC2.[Br-]. The number of fused-ring (bicyclic) bond motifs is 3. The van der Waals surface area contributed by atoms with Crippen LogP contribution in [0.3, 0.4) is 0 Å². The maximum absolute atomic E-state index is 12.5. The number of hydrogen-bond acceptors (Lipinski definition) is 2. The molecule has 0 radical (unpaired) electrons. The molecule has 1 unspecified atom stereocenters. The average molecular weight is 509 g/mol. The second-order valence-corrected chi connectivity index (χ2v) is 9.62. The van der Waals surface area contributed by atoms with Gasteiger partial charge in [-0.25, -0.2) is 0 Å². The monoisotopic (exact) mass is 507 g/mol. The van der Waals surface area contributed by atoms with E-state index in [-0.39, 0.29) is 23.0 Å². The highest BCUT2D eigenvalue weighted by Gasteiger charge is 2.57.